The first-order valence-corrected chi connectivity index (χ1v) is 8.22. The van der Waals surface area contributed by atoms with Gasteiger partial charge < -0.3 is 15.0 Å². The lowest BCUT2D eigenvalue weighted by molar-refractivity contribution is -0.123. The molecule has 0 saturated carbocycles. The fourth-order valence-corrected chi connectivity index (χ4v) is 2.81. The van der Waals surface area contributed by atoms with Crippen LogP contribution in [-0.4, -0.2) is 41.6 Å². The number of nitrogens with one attached hydrogen (secondary N) is 1. The van der Waals surface area contributed by atoms with Crippen molar-refractivity contribution in [3.05, 3.63) is 48.3 Å². The van der Waals surface area contributed by atoms with E-state index in [1.54, 1.807) is 12.4 Å². The van der Waals surface area contributed by atoms with E-state index in [0.717, 1.165) is 43.2 Å². The zero-order valence-corrected chi connectivity index (χ0v) is 13.8. The Morgan fingerprint density at radius 3 is 2.62 bits per heavy atom. The van der Waals surface area contributed by atoms with Crippen molar-refractivity contribution in [2.24, 2.45) is 0 Å². The average molecular weight is 326 g/mol. The van der Waals surface area contributed by atoms with Crippen LogP contribution < -0.4 is 15.0 Å². The van der Waals surface area contributed by atoms with E-state index in [2.05, 4.69) is 20.2 Å². The molecule has 2 heterocycles. The summed E-state index contributed by atoms with van der Waals surface area (Å²) in [6.45, 7) is 3.70. The number of carbonyl (C=O) groups is 1. The first kappa shape index (κ1) is 16.2. The molecule has 1 N–H and O–H groups in total. The molecule has 6 nitrogen and oxygen atoms in total. The number of amides is 1. The normalized spacial score (nSPS) is 15.1. The third-order valence-electron chi connectivity index (χ3n) is 4.15. The summed E-state index contributed by atoms with van der Waals surface area (Å²) in [7, 11) is 0. The molecule has 1 aliphatic heterocycles. The lowest BCUT2D eigenvalue weighted by atomic mass is 10.1. The second kappa shape index (κ2) is 7.77. The fourth-order valence-electron chi connectivity index (χ4n) is 2.81. The van der Waals surface area contributed by atoms with Gasteiger partial charge in [-0.1, -0.05) is 18.2 Å². The number of ether oxygens (including phenoxy) is 1. The molecule has 0 radical (unpaired) electrons. The van der Waals surface area contributed by atoms with Crippen LogP contribution in [0.4, 0.5) is 5.95 Å². The maximum Gasteiger partial charge on any atom is 0.258 e. The quantitative estimate of drug-likeness (QED) is 0.909. The molecule has 3 rings (SSSR count). The van der Waals surface area contributed by atoms with Crippen molar-refractivity contribution >= 4 is 11.9 Å². The molecule has 2 aromatic rings. The number of para-hydroxylation sites is 1. The van der Waals surface area contributed by atoms with Crippen molar-refractivity contribution in [2.75, 3.05) is 24.6 Å². The van der Waals surface area contributed by atoms with Gasteiger partial charge in [0.05, 0.1) is 0 Å². The number of hydrogen-bond acceptors (Lipinski definition) is 5. The highest BCUT2D eigenvalue weighted by Gasteiger charge is 2.22. The summed E-state index contributed by atoms with van der Waals surface area (Å²) in [5.74, 6) is 1.43. The van der Waals surface area contributed by atoms with E-state index < -0.39 is 0 Å². The molecule has 1 aromatic carbocycles. The van der Waals surface area contributed by atoms with E-state index >= 15 is 0 Å². The van der Waals surface area contributed by atoms with Crippen LogP contribution in [0.2, 0.25) is 0 Å². The van der Waals surface area contributed by atoms with Gasteiger partial charge >= 0.3 is 0 Å². The first-order chi connectivity index (χ1) is 11.7. The summed E-state index contributed by atoms with van der Waals surface area (Å²) < 4.78 is 5.59. The van der Waals surface area contributed by atoms with Crippen LogP contribution in [0.25, 0.3) is 0 Å². The number of nitrogens with zero attached hydrogens (tertiary/aromatic N) is 3. The van der Waals surface area contributed by atoms with Gasteiger partial charge in [-0.2, -0.15) is 0 Å². The molecule has 0 spiro atoms. The Morgan fingerprint density at radius 2 is 1.92 bits per heavy atom. The molecule has 1 aliphatic rings. The number of carbonyl (C=O) groups excluding carboxylic acids is 1. The van der Waals surface area contributed by atoms with Crippen molar-refractivity contribution < 1.29 is 9.53 Å². The zero-order chi connectivity index (χ0) is 16.8. The number of hydrogen-bond donors (Lipinski definition) is 1. The first-order valence-electron chi connectivity index (χ1n) is 8.22. The molecule has 1 fully saturated rings. The summed E-state index contributed by atoms with van der Waals surface area (Å²) in [5.41, 5.74) is 1.03. The van der Waals surface area contributed by atoms with Crippen LogP contribution in [0, 0.1) is 6.92 Å². The molecule has 0 unspecified atom stereocenters. The van der Waals surface area contributed by atoms with Crippen LogP contribution in [-0.2, 0) is 4.79 Å². The third kappa shape index (κ3) is 4.22. The summed E-state index contributed by atoms with van der Waals surface area (Å²) in [6, 6.07) is 9.69. The van der Waals surface area contributed by atoms with Crippen LogP contribution in [0.1, 0.15) is 18.4 Å². The summed E-state index contributed by atoms with van der Waals surface area (Å²) >= 11 is 0. The van der Waals surface area contributed by atoms with Gasteiger partial charge in [0.2, 0.25) is 5.95 Å². The minimum atomic E-state index is -0.0762. The molecule has 1 amide bonds. The fraction of sp³-hybridized carbons (Fsp3) is 0.389. The molecule has 6 heteroatoms. The molecule has 24 heavy (non-hydrogen) atoms. The SMILES string of the molecule is Cc1ccccc1OCC(=O)NC1CCN(c2ncccn2)CC1. The Labute approximate surface area is 141 Å². The van der Waals surface area contributed by atoms with E-state index in [1.807, 2.05) is 37.3 Å². The Bertz CT molecular complexity index is 670. The molecular formula is C18H22N4O2. The van der Waals surface area contributed by atoms with Gasteiger partial charge in [0.25, 0.3) is 5.91 Å². The van der Waals surface area contributed by atoms with E-state index in [1.165, 1.54) is 0 Å². The molecule has 0 bridgehead atoms. The van der Waals surface area contributed by atoms with Gasteiger partial charge in [0.1, 0.15) is 5.75 Å². The van der Waals surface area contributed by atoms with Gasteiger partial charge in [-0.3, -0.25) is 4.79 Å². The molecule has 1 saturated heterocycles. The minimum absolute atomic E-state index is 0.0485. The molecular weight excluding hydrogens is 304 g/mol. The number of aryl methyl sites for hydroxylation is 1. The summed E-state index contributed by atoms with van der Waals surface area (Å²) in [4.78, 5) is 22.8. The van der Waals surface area contributed by atoms with Crippen molar-refractivity contribution in [1.29, 1.82) is 0 Å². The Hall–Kier alpha value is -2.63. The van der Waals surface area contributed by atoms with Crippen LogP contribution in [0.15, 0.2) is 42.7 Å². The van der Waals surface area contributed by atoms with Crippen molar-refractivity contribution in [3.63, 3.8) is 0 Å². The number of aromatic nitrogens is 2. The van der Waals surface area contributed by atoms with E-state index in [4.69, 9.17) is 4.74 Å². The van der Waals surface area contributed by atoms with Crippen molar-refractivity contribution in [1.82, 2.24) is 15.3 Å². The Morgan fingerprint density at radius 1 is 1.21 bits per heavy atom. The lowest BCUT2D eigenvalue weighted by Crippen LogP contribution is -2.46. The average Bonchev–Trinajstić information content (AvgIpc) is 2.62. The monoisotopic (exact) mass is 326 g/mol. The number of piperidine rings is 1. The van der Waals surface area contributed by atoms with Crippen molar-refractivity contribution in [2.45, 2.75) is 25.8 Å². The standard InChI is InChI=1S/C18H22N4O2/c1-14-5-2-3-6-16(14)24-13-17(23)21-15-7-11-22(12-8-15)18-19-9-4-10-20-18/h2-6,9-10,15H,7-8,11-13H2,1H3,(H,21,23). The highest BCUT2D eigenvalue weighted by molar-refractivity contribution is 5.77. The number of rotatable bonds is 5. The Balaban J connectivity index is 1.43. The summed E-state index contributed by atoms with van der Waals surface area (Å²) in [5, 5.41) is 3.05. The molecule has 0 aliphatic carbocycles. The van der Waals surface area contributed by atoms with Gasteiger partial charge in [0.15, 0.2) is 6.61 Å². The Kier molecular flexibility index (Phi) is 5.25. The lowest BCUT2D eigenvalue weighted by Gasteiger charge is -2.32. The van der Waals surface area contributed by atoms with Crippen LogP contribution in [0.3, 0.4) is 0 Å². The van der Waals surface area contributed by atoms with Gasteiger partial charge in [-0.05, 0) is 37.5 Å². The predicted molar refractivity (Wildman–Crippen MR) is 92.1 cm³/mol. The molecule has 1 aromatic heterocycles. The highest BCUT2D eigenvalue weighted by Crippen LogP contribution is 2.17. The smallest absolute Gasteiger partial charge is 0.258 e. The van der Waals surface area contributed by atoms with Gasteiger partial charge in [-0.25, -0.2) is 9.97 Å². The van der Waals surface area contributed by atoms with Crippen LogP contribution in [0.5, 0.6) is 5.75 Å². The second-order valence-electron chi connectivity index (χ2n) is 5.93. The van der Waals surface area contributed by atoms with Gasteiger partial charge in [-0.15, -0.1) is 0 Å². The maximum atomic E-state index is 12.1. The van der Waals surface area contributed by atoms with Gasteiger partial charge in [0, 0.05) is 31.5 Å². The van der Waals surface area contributed by atoms with E-state index in [-0.39, 0.29) is 18.6 Å². The predicted octanol–water partition coefficient (Wildman–Crippen LogP) is 1.95. The summed E-state index contributed by atoms with van der Waals surface area (Å²) in [6.07, 6.45) is 5.26. The number of benzene rings is 1. The third-order valence-corrected chi connectivity index (χ3v) is 4.15. The largest absolute Gasteiger partial charge is 0.484 e. The minimum Gasteiger partial charge on any atom is -0.484 e. The highest BCUT2D eigenvalue weighted by atomic mass is 16.5. The van der Waals surface area contributed by atoms with E-state index in [0.29, 0.717) is 0 Å². The number of anilines is 1. The molecule has 0 atom stereocenters. The van der Waals surface area contributed by atoms with Crippen molar-refractivity contribution in [3.8, 4) is 5.75 Å². The van der Waals surface area contributed by atoms with Crippen LogP contribution >= 0.6 is 0 Å². The topological polar surface area (TPSA) is 67.3 Å². The molecule has 126 valence electrons. The second-order valence-corrected chi connectivity index (χ2v) is 5.93. The zero-order valence-electron chi connectivity index (χ0n) is 13.8. The maximum absolute atomic E-state index is 12.1. The van der Waals surface area contributed by atoms with E-state index in [9.17, 15) is 4.79 Å².